The van der Waals surface area contributed by atoms with Crippen molar-refractivity contribution >= 4 is 16.5 Å². The maximum Gasteiger partial charge on any atom is 0.185 e. The third-order valence-electron chi connectivity index (χ3n) is 2.32. The molecule has 0 saturated heterocycles. The molecule has 1 aromatic rings. The van der Waals surface area contributed by atoms with Gasteiger partial charge in [0.1, 0.15) is 0 Å². The van der Waals surface area contributed by atoms with Gasteiger partial charge >= 0.3 is 0 Å². The minimum atomic E-state index is 0.104. The highest BCUT2D eigenvalue weighted by Crippen LogP contribution is 2.27. The maximum absolute atomic E-state index is 9.14. The molecule has 0 unspecified atom stereocenters. The Morgan fingerprint density at radius 1 is 1.50 bits per heavy atom. The molecule has 4 heteroatoms. The van der Waals surface area contributed by atoms with E-state index in [2.05, 4.69) is 30.7 Å². The molecule has 0 saturated carbocycles. The summed E-state index contributed by atoms with van der Waals surface area (Å²) in [4.78, 5) is 7.63. The third kappa shape index (κ3) is 2.25. The number of nitrogens with zero attached hydrogens (tertiary/aromatic N) is 2. The number of aliphatic hydroxyl groups excluding tert-OH is 1. The first kappa shape index (κ1) is 11.5. The summed E-state index contributed by atoms with van der Waals surface area (Å²) < 4.78 is 0. The van der Waals surface area contributed by atoms with Crippen LogP contribution in [0.25, 0.3) is 0 Å². The van der Waals surface area contributed by atoms with Gasteiger partial charge in [-0.15, -0.1) is 0 Å². The van der Waals surface area contributed by atoms with E-state index in [0.717, 1.165) is 22.1 Å². The second-order valence-corrected chi connectivity index (χ2v) is 4.64. The van der Waals surface area contributed by atoms with Gasteiger partial charge in [-0.2, -0.15) is 0 Å². The Morgan fingerprint density at radius 3 is 2.50 bits per heavy atom. The number of aryl methyl sites for hydroxylation is 1. The maximum atomic E-state index is 9.14. The molecule has 0 bridgehead atoms. The monoisotopic (exact) mass is 214 g/mol. The molecule has 0 aromatic carbocycles. The fourth-order valence-corrected chi connectivity index (χ4v) is 2.24. The van der Waals surface area contributed by atoms with E-state index in [9.17, 15) is 0 Å². The van der Waals surface area contributed by atoms with Crippen LogP contribution in [0, 0.1) is 0 Å². The molecule has 0 radical (unpaired) electrons. The standard InChI is InChI=1S/C10H18N2OS/c1-5-8-9(6-13)14-10(11-8)12(4)7(2)3/h7,13H,5-6H2,1-4H3. The predicted octanol–water partition coefficient (Wildman–Crippen LogP) is 2.04. The van der Waals surface area contributed by atoms with Crippen molar-refractivity contribution in [3.8, 4) is 0 Å². The molecule has 0 atom stereocenters. The average molecular weight is 214 g/mol. The van der Waals surface area contributed by atoms with E-state index in [4.69, 9.17) is 5.11 Å². The number of hydrogen-bond donors (Lipinski definition) is 1. The van der Waals surface area contributed by atoms with Crippen LogP contribution in [0.1, 0.15) is 31.3 Å². The molecule has 1 aromatic heterocycles. The van der Waals surface area contributed by atoms with E-state index in [1.165, 1.54) is 0 Å². The number of anilines is 1. The molecule has 0 aliphatic rings. The van der Waals surface area contributed by atoms with Crippen LogP contribution in [0.5, 0.6) is 0 Å². The number of thiazole rings is 1. The van der Waals surface area contributed by atoms with E-state index in [0.29, 0.717) is 6.04 Å². The molecule has 0 amide bonds. The van der Waals surface area contributed by atoms with Gasteiger partial charge in [0.15, 0.2) is 5.13 Å². The zero-order chi connectivity index (χ0) is 10.7. The van der Waals surface area contributed by atoms with Crippen LogP contribution in [0.15, 0.2) is 0 Å². The van der Waals surface area contributed by atoms with Crippen LogP contribution < -0.4 is 4.90 Å². The predicted molar refractivity (Wildman–Crippen MR) is 61.0 cm³/mol. The number of aromatic nitrogens is 1. The third-order valence-corrected chi connectivity index (χ3v) is 3.49. The quantitative estimate of drug-likeness (QED) is 0.833. The summed E-state index contributed by atoms with van der Waals surface area (Å²) >= 11 is 1.59. The van der Waals surface area contributed by atoms with Crippen molar-refractivity contribution in [1.29, 1.82) is 0 Å². The van der Waals surface area contributed by atoms with Gasteiger partial charge in [-0.3, -0.25) is 0 Å². The molecule has 14 heavy (non-hydrogen) atoms. The summed E-state index contributed by atoms with van der Waals surface area (Å²) in [5, 5.41) is 10.1. The lowest BCUT2D eigenvalue weighted by atomic mass is 10.3. The van der Waals surface area contributed by atoms with Crippen molar-refractivity contribution in [3.05, 3.63) is 10.6 Å². The summed E-state index contributed by atoms with van der Waals surface area (Å²) in [6, 6.07) is 0.442. The normalized spacial score (nSPS) is 11.0. The van der Waals surface area contributed by atoms with E-state index in [1.54, 1.807) is 11.3 Å². The molecule has 3 nitrogen and oxygen atoms in total. The minimum Gasteiger partial charge on any atom is -0.391 e. The molecule has 80 valence electrons. The van der Waals surface area contributed by atoms with Gasteiger partial charge in [0.2, 0.25) is 0 Å². The van der Waals surface area contributed by atoms with Gasteiger partial charge in [-0.25, -0.2) is 4.98 Å². The first-order valence-electron chi connectivity index (χ1n) is 4.92. The van der Waals surface area contributed by atoms with Gasteiger partial charge in [0.25, 0.3) is 0 Å². The second kappa shape index (κ2) is 4.75. The van der Waals surface area contributed by atoms with E-state index in [-0.39, 0.29) is 6.61 Å². The molecule has 1 N–H and O–H groups in total. The van der Waals surface area contributed by atoms with Gasteiger partial charge in [0, 0.05) is 13.1 Å². The molecular weight excluding hydrogens is 196 g/mol. The Kier molecular flexibility index (Phi) is 3.89. The van der Waals surface area contributed by atoms with Crippen molar-refractivity contribution < 1.29 is 5.11 Å². The number of rotatable bonds is 4. The van der Waals surface area contributed by atoms with Crippen molar-refractivity contribution in [2.75, 3.05) is 11.9 Å². The average Bonchev–Trinajstić information content (AvgIpc) is 2.59. The van der Waals surface area contributed by atoms with Crippen molar-refractivity contribution in [2.45, 2.75) is 39.8 Å². The Labute approximate surface area is 89.4 Å². The van der Waals surface area contributed by atoms with E-state index >= 15 is 0 Å². The second-order valence-electron chi connectivity index (χ2n) is 3.58. The molecule has 0 aliphatic carbocycles. The lowest BCUT2D eigenvalue weighted by molar-refractivity contribution is 0.284. The first-order valence-corrected chi connectivity index (χ1v) is 5.74. The van der Waals surface area contributed by atoms with Crippen molar-refractivity contribution in [3.63, 3.8) is 0 Å². The summed E-state index contributed by atoms with van der Waals surface area (Å²) in [7, 11) is 2.03. The zero-order valence-corrected chi connectivity index (χ0v) is 10.1. The van der Waals surface area contributed by atoms with Crippen molar-refractivity contribution in [2.24, 2.45) is 0 Å². The largest absolute Gasteiger partial charge is 0.391 e. The minimum absolute atomic E-state index is 0.104. The topological polar surface area (TPSA) is 36.4 Å². The van der Waals surface area contributed by atoms with Crippen LogP contribution in [0.3, 0.4) is 0 Å². The fourth-order valence-electron chi connectivity index (χ4n) is 1.14. The Bertz CT molecular complexity index is 275. The van der Waals surface area contributed by atoms with Crippen LogP contribution in [-0.2, 0) is 13.0 Å². The van der Waals surface area contributed by atoms with E-state index < -0.39 is 0 Å². The van der Waals surface area contributed by atoms with Crippen molar-refractivity contribution in [1.82, 2.24) is 4.98 Å². The van der Waals surface area contributed by atoms with Gasteiger partial charge in [-0.1, -0.05) is 18.3 Å². The lowest BCUT2D eigenvalue weighted by Gasteiger charge is -2.19. The SMILES string of the molecule is CCc1nc(N(C)C(C)C)sc1CO. The number of hydrogen-bond acceptors (Lipinski definition) is 4. The zero-order valence-electron chi connectivity index (χ0n) is 9.24. The molecular formula is C10H18N2OS. The highest BCUT2D eigenvalue weighted by atomic mass is 32.1. The Hall–Kier alpha value is -0.610. The Morgan fingerprint density at radius 2 is 2.14 bits per heavy atom. The van der Waals surface area contributed by atoms with Gasteiger partial charge in [0.05, 0.1) is 17.2 Å². The highest BCUT2D eigenvalue weighted by molar-refractivity contribution is 7.15. The van der Waals surface area contributed by atoms with Crippen LogP contribution in [-0.4, -0.2) is 23.2 Å². The highest BCUT2D eigenvalue weighted by Gasteiger charge is 2.13. The Balaban J connectivity index is 2.94. The van der Waals surface area contributed by atoms with Crippen LogP contribution in [0.4, 0.5) is 5.13 Å². The van der Waals surface area contributed by atoms with Gasteiger partial charge < -0.3 is 10.0 Å². The van der Waals surface area contributed by atoms with Gasteiger partial charge in [-0.05, 0) is 20.3 Å². The summed E-state index contributed by atoms with van der Waals surface area (Å²) in [5.41, 5.74) is 1.03. The van der Waals surface area contributed by atoms with Crippen LogP contribution in [0.2, 0.25) is 0 Å². The first-order chi connectivity index (χ1) is 6.60. The molecule has 1 rings (SSSR count). The molecule has 0 aliphatic heterocycles. The lowest BCUT2D eigenvalue weighted by Crippen LogP contribution is -2.25. The summed E-state index contributed by atoms with van der Waals surface area (Å²) in [6.45, 7) is 6.43. The summed E-state index contributed by atoms with van der Waals surface area (Å²) in [5.74, 6) is 0. The van der Waals surface area contributed by atoms with Crippen LogP contribution >= 0.6 is 11.3 Å². The smallest absolute Gasteiger partial charge is 0.185 e. The number of aliphatic hydroxyl groups is 1. The summed E-state index contributed by atoms with van der Waals surface area (Å²) in [6.07, 6.45) is 0.887. The molecule has 0 fully saturated rings. The fraction of sp³-hybridized carbons (Fsp3) is 0.700. The molecule has 0 spiro atoms. The molecule has 1 heterocycles. The van der Waals surface area contributed by atoms with E-state index in [1.807, 2.05) is 7.05 Å².